The molecule has 1 atom stereocenters. The van der Waals surface area contributed by atoms with Gasteiger partial charge in [0.2, 0.25) is 0 Å². The number of amides is 1. The molecule has 0 unspecified atom stereocenters. The van der Waals surface area contributed by atoms with Crippen molar-refractivity contribution in [2.75, 3.05) is 0 Å². The van der Waals surface area contributed by atoms with Crippen molar-refractivity contribution in [3.63, 3.8) is 0 Å². The first-order chi connectivity index (χ1) is 16.8. The monoisotopic (exact) mass is 475 g/mol. The first-order valence-electron chi connectivity index (χ1n) is 11.0. The van der Waals surface area contributed by atoms with Crippen molar-refractivity contribution in [2.24, 2.45) is 5.10 Å². The van der Waals surface area contributed by atoms with Gasteiger partial charge in [0.05, 0.1) is 25.1 Å². The zero-order valence-corrected chi connectivity index (χ0v) is 19.3. The van der Waals surface area contributed by atoms with E-state index in [4.69, 9.17) is 4.42 Å². The lowest BCUT2D eigenvalue weighted by atomic mass is 10.0. The Morgan fingerprint density at radius 1 is 1.00 bits per heavy atom. The smallest absolute Gasteiger partial charge is 0.337 e. The molecule has 4 rings (SSSR count). The summed E-state index contributed by atoms with van der Waals surface area (Å²) in [5.41, 5.74) is 0.0286. The Kier molecular flexibility index (Phi) is 6.63. The molecule has 1 aliphatic heterocycles. The quantitative estimate of drug-likeness (QED) is 0.462. The molecule has 0 saturated carbocycles. The fraction of sp³-hybridized carbons (Fsp3) is 0.240. The van der Waals surface area contributed by atoms with E-state index in [2.05, 4.69) is 18.3 Å². The summed E-state index contributed by atoms with van der Waals surface area (Å²) in [6, 6.07) is 10.7. The first-order valence-corrected chi connectivity index (χ1v) is 11.0. The van der Waals surface area contributed by atoms with Gasteiger partial charge in [0.15, 0.2) is 0 Å². The molecular weight excluding hydrogens is 450 g/mol. The van der Waals surface area contributed by atoms with Gasteiger partial charge in [0.1, 0.15) is 18.3 Å². The number of carbonyl (C=O) groups is 1. The van der Waals surface area contributed by atoms with Gasteiger partial charge in [-0.15, -0.1) is 13.2 Å². The molecule has 0 aliphatic carbocycles. The summed E-state index contributed by atoms with van der Waals surface area (Å²) in [5, 5.41) is 5.77. The van der Waals surface area contributed by atoms with E-state index >= 15 is 0 Å². The summed E-state index contributed by atoms with van der Waals surface area (Å²) in [6.45, 7) is 8.25. The average molecular weight is 476 g/mol. The second-order valence-electron chi connectivity index (χ2n) is 8.12. The number of nitrogens with zero attached hydrogens (tertiary/aromatic N) is 5. The van der Waals surface area contributed by atoms with E-state index in [0.717, 1.165) is 24.8 Å². The first kappa shape index (κ1) is 23.7. The summed E-state index contributed by atoms with van der Waals surface area (Å²) in [4.78, 5) is 51.9. The normalized spacial score (nSPS) is 15.2. The van der Waals surface area contributed by atoms with Gasteiger partial charge < -0.3 is 4.42 Å². The number of allylic oxidation sites excluding steroid dienone is 2. The molecule has 1 amide bonds. The minimum Gasteiger partial charge on any atom is -0.467 e. The molecule has 180 valence electrons. The molecule has 1 aliphatic rings. The highest BCUT2D eigenvalue weighted by atomic mass is 16.3. The molecule has 3 aromatic rings. The molecule has 0 N–H and O–H groups in total. The molecule has 0 bridgehead atoms. The fourth-order valence-corrected chi connectivity index (χ4v) is 3.96. The second kappa shape index (κ2) is 9.80. The summed E-state index contributed by atoms with van der Waals surface area (Å²) in [6.07, 6.45) is 4.63. The van der Waals surface area contributed by atoms with Crippen LogP contribution in [0.5, 0.6) is 0 Å². The van der Waals surface area contributed by atoms with Crippen LogP contribution in [-0.4, -0.2) is 30.3 Å². The van der Waals surface area contributed by atoms with Gasteiger partial charge in [-0.25, -0.2) is 33.1 Å². The lowest BCUT2D eigenvalue weighted by Crippen LogP contribution is -2.55. The van der Waals surface area contributed by atoms with Crippen LogP contribution in [0.1, 0.15) is 29.3 Å². The van der Waals surface area contributed by atoms with E-state index in [0.29, 0.717) is 17.9 Å². The molecule has 0 radical (unpaired) electrons. The number of hydrogen-bond acceptors (Lipinski definition) is 6. The van der Waals surface area contributed by atoms with Gasteiger partial charge in [-0.05, 0) is 24.6 Å². The largest absolute Gasteiger partial charge is 0.467 e. The molecule has 0 fully saturated rings. The van der Waals surface area contributed by atoms with Gasteiger partial charge in [-0.3, -0.25) is 4.79 Å². The van der Waals surface area contributed by atoms with Crippen molar-refractivity contribution in [1.29, 1.82) is 0 Å². The Labute approximate surface area is 200 Å². The van der Waals surface area contributed by atoms with E-state index in [-0.39, 0.29) is 13.1 Å². The SMILES string of the molecule is C=CCn1c(=O)n(CC=C)c(=O)n(CC(=O)N2N=C(c3ccc(C)cc3)C[C@@H]2c2ccco2)c1=O. The number of benzene rings is 1. The summed E-state index contributed by atoms with van der Waals surface area (Å²) in [7, 11) is 0. The Balaban J connectivity index is 1.75. The predicted molar refractivity (Wildman–Crippen MR) is 130 cm³/mol. The van der Waals surface area contributed by atoms with Crippen LogP contribution < -0.4 is 17.1 Å². The summed E-state index contributed by atoms with van der Waals surface area (Å²) < 4.78 is 7.97. The molecular formula is C25H25N5O5. The van der Waals surface area contributed by atoms with Crippen molar-refractivity contribution in [3.05, 3.63) is 116 Å². The van der Waals surface area contributed by atoms with Crippen molar-refractivity contribution in [2.45, 2.75) is 39.0 Å². The second-order valence-corrected chi connectivity index (χ2v) is 8.12. The zero-order chi connectivity index (χ0) is 25.1. The lowest BCUT2D eigenvalue weighted by Gasteiger charge is -2.20. The van der Waals surface area contributed by atoms with Gasteiger partial charge in [-0.2, -0.15) is 5.10 Å². The van der Waals surface area contributed by atoms with Crippen LogP contribution in [0.15, 0.2) is 91.9 Å². The Hall–Kier alpha value is -4.47. The zero-order valence-electron chi connectivity index (χ0n) is 19.3. The number of hydrazone groups is 1. The minimum atomic E-state index is -0.898. The highest BCUT2D eigenvalue weighted by molar-refractivity contribution is 6.03. The summed E-state index contributed by atoms with van der Waals surface area (Å²) >= 11 is 0. The van der Waals surface area contributed by atoms with E-state index < -0.39 is 35.6 Å². The van der Waals surface area contributed by atoms with Gasteiger partial charge in [-0.1, -0.05) is 42.0 Å². The van der Waals surface area contributed by atoms with E-state index in [1.165, 1.54) is 23.4 Å². The standard InChI is InChI=1S/C25H25N5O5/c1-4-12-27-23(32)28(13-5-2)25(34)29(24(27)33)16-22(31)30-20(21-7-6-14-35-21)15-19(26-30)18-10-8-17(3)9-11-18/h4-11,14,20H,1-2,12-13,15-16H2,3H3/t20-/m1/s1. The number of furan rings is 1. The maximum atomic E-state index is 13.4. The molecule has 0 spiro atoms. The van der Waals surface area contributed by atoms with Crippen molar-refractivity contribution >= 4 is 11.6 Å². The number of hydrogen-bond donors (Lipinski definition) is 0. The van der Waals surface area contributed by atoms with Crippen LogP contribution in [0.2, 0.25) is 0 Å². The number of aryl methyl sites for hydroxylation is 1. The van der Waals surface area contributed by atoms with Crippen LogP contribution in [0.25, 0.3) is 0 Å². The van der Waals surface area contributed by atoms with Crippen LogP contribution in [0.4, 0.5) is 0 Å². The lowest BCUT2D eigenvalue weighted by molar-refractivity contribution is -0.134. The third kappa shape index (κ3) is 4.50. The average Bonchev–Trinajstić information content (AvgIpc) is 3.53. The van der Waals surface area contributed by atoms with Crippen LogP contribution in [-0.2, 0) is 24.4 Å². The van der Waals surface area contributed by atoms with Crippen LogP contribution in [0.3, 0.4) is 0 Å². The molecule has 2 aromatic heterocycles. The van der Waals surface area contributed by atoms with Crippen molar-refractivity contribution in [3.8, 4) is 0 Å². The highest BCUT2D eigenvalue weighted by Gasteiger charge is 2.35. The maximum absolute atomic E-state index is 13.4. The molecule has 10 nitrogen and oxygen atoms in total. The third-order valence-electron chi connectivity index (χ3n) is 5.72. The maximum Gasteiger partial charge on any atom is 0.337 e. The van der Waals surface area contributed by atoms with Gasteiger partial charge in [0, 0.05) is 6.42 Å². The van der Waals surface area contributed by atoms with Crippen LogP contribution in [0, 0.1) is 6.92 Å². The van der Waals surface area contributed by atoms with E-state index in [1.54, 1.807) is 12.1 Å². The Bertz CT molecular complexity index is 1420. The van der Waals surface area contributed by atoms with Crippen molar-refractivity contribution < 1.29 is 9.21 Å². The van der Waals surface area contributed by atoms with Crippen molar-refractivity contribution in [1.82, 2.24) is 18.7 Å². The van der Waals surface area contributed by atoms with Gasteiger partial charge >= 0.3 is 17.1 Å². The Morgan fingerprint density at radius 2 is 1.60 bits per heavy atom. The predicted octanol–water partition coefficient (Wildman–Crippen LogP) is 1.82. The minimum absolute atomic E-state index is 0.113. The van der Waals surface area contributed by atoms with E-state index in [9.17, 15) is 19.2 Å². The molecule has 35 heavy (non-hydrogen) atoms. The molecule has 3 heterocycles. The fourth-order valence-electron chi connectivity index (χ4n) is 3.96. The van der Waals surface area contributed by atoms with Gasteiger partial charge in [0.25, 0.3) is 5.91 Å². The number of rotatable bonds is 8. The number of aromatic nitrogens is 3. The molecule has 10 heteroatoms. The number of carbonyl (C=O) groups excluding carboxylic acids is 1. The third-order valence-corrected chi connectivity index (χ3v) is 5.72. The molecule has 1 aromatic carbocycles. The molecule has 0 saturated heterocycles. The Morgan fingerprint density at radius 3 is 2.14 bits per heavy atom. The topological polar surface area (TPSA) is 112 Å². The van der Waals surface area contributed by atoms with E-state index in [1.807, 2.05) is 31.2 Å². The summed E-state index contributed by atoms with van der Waals surface area (Å²) in [5.74, 6) is -0.0704. The highest BCUT2D eigenvalue weighted by Crippen LogP contribution is 2.33. The van der Waals surface area contributed by atoms with Crippen LogP contribution >= 0.6 is 0 Å².